The number of pyridine rings is 1. The zero-order chi connectivity index (χ0) is 16.8. The molecular formula is C19H23N3S. The standard InChI is InChI=1S/C19H23N3S/c1-11-5-8-16(23-11)17-13-9-12(19(2,3)4)6-7-15(13)22-18(21)14(17)10-20/h5,8,12H,6-7,9H2,1-4H3,(H2,21,22). The average Bonchev–Trinajstić information content (AvgIpc) is 2.90. The molecule has 4 heteroatoms. The van der Waals surface area contributed by atoms with E-state index in [1.54, 1.807) is 11.3 Å². The van der Waals surface area contributed by atoms with Crippen molar-refractivity contribution < 1.29 is 0 Å². The first-order chi connectivity index (χ1) is 10.8. The third kappa shape index (κ3) is 2.86. The van der Waals surface area contributed by atoms with Gasteiger partial charge >= 0.3 is 0 Å². The molecule has 0 aromatic carbocycles. The number of nitrogens with zero attached hydrogens (tertiary/aromatic N) is 2. The summed E-state index contributed by atoms with van der Waals surface area (Å²) in [5.74, 6) is 0.980. The SMILES string of the molecule is Cc1ccc(-c2c(C#N)c(N)nc3c2CC(C(C)(C)C)CC3)s1. The van der Waals surface area contributed by atoms with Crippen molar-refractivity contribution in [2.75, 3.05) is 5.73 Å². The first kappa shape index (κ1) is 16.0. The van der Waals surface area contributed by atoms with E-state index in [0.29, 0.717) is 17.3 Å². The monoisotopic (exact) mass is 325 g/mol. The van der Waals surface area contributed by atoms with Crippen LogP contribution in [0.25, 0.3) is 10.4 Å². The summed E-state index contributed by atoms with van der Waals surface area (Å²) in [7, 11) is 0. The van der Waals surface area contributed by atoms with Crippen LogP contribution in [0.3, 0.4) is 0 Å². The quantitative estimate of drug-likeness (QED) is 0.825. The predicted octanol–water partition coefficient (Wildman–Crippen LogP) is 4.72. The first-order valence-electron chi connectivity index (χ1n) is 8.09. The molecule has 0 saturated heterocycles. The van der Waals surface area contributed by atoms with Gasteiger partial charge in [-0.1, -0.05) is 20.8 Å². The number of fused-ring (bicyclic) bond motifs is 1. The van der Waals surface area contributed by atoms with Gasteiger partial charge in [0.25, 0.3) is 0 Å². The van der Waals surface area contributed by atoms with E-state index in [9.17, 15) is 5.26 Å². The molecule has 2 aromatic rings. The Morgan fingerprint density at radius 1 is 1.35 bits per heavy atom. The van der Waals surface area contributed by atoms with Crippen LogP contribution in [0.5, 0.6) is 0 Å². The number of anilines is 1. The highest BCUT2D eigenvalue weighted by atomic mass is 32.1. The van der Waals surface area contributed by atoms with E-state index in [2.05, 4.69) is 50.9 Å². The summed E-state index contributed by atoms with van der Waals surface area (Å²) in [5.41, 5.74) is 10.2. The molecule has 2 N–H and O–H groups in total. The van der Waals surface area contributed by atoms with Crippen molar-refractivity contribution in [2.24, 2.45) is 11.3 Å². The second-order valence-corrected chi connectivity index (χ2v) is 8.79. The van der Waals surface area contributed by atoms with Crippen LogP contribution in [0.2, 0.25) is 0 Å². The summed E-state index contributed by atoms with van der Waals surface area (Å²) in [6.45, 7) is 8.99. The molecule has 0 fully saturated rings. The summed E-state index contributed by atoms with van der Waals surface area (Å²) < 4.78 is 0. The second kappa shape index (κ2) is 5.65. The van der Waals surface area contributed by atoms with E-state index in [1.165, 1.54) is 10.4 Å². The zero-order valence-corrected chi connectivity index (χ0v) is 15.0. The lowest BCUT2D eigenvalue weighted by molar-refractivity contribution is 0.215. The fraction of sp³-hybridized carbons (Fsp3) is 0.474. The van der Waals surface area contributed by atoms with E-state index < -0.39 is 0 Å². The molecule has 0 aliphatic heterocycles. The van der Waals surface area contributed by atoms with Crippen LogP contribution in [0.1, 0.15) is 48.9 Å². The summed E-state index contributed by atoms with van der Waals surface area (Å²) in [6, 6.07) is 6.51. The third-order valence-corrected chi connectivity index (χ3v) is 5.93. The Morgan fingerprint density at radius 3 is 2.65 bits per heavy atom. The maximum Gasteiger partial charge on any atom is 0.142 e. The number of nitrogen functional groups attached to an aromatic ring is 1. The number of aryl methyl sites for hydroxylation is 2. The number of rotatable bonds is 1. The molecule has 120 valence electrons. The van der Waals surface area contributed by atoms with Gasteiger partial charge in [0.15, 0.2) is 0 Å². The van der Waals surface area contributed by atoms with Gasteiger partial charge in [0.05, 0.1) is 0 Å². The van der Waals surface area contributed by atoms with Crippen LogP contribution in [0, 0.1) is 29.6 Å². The van der Waals surface area contributed by atoms with Crippen LogP contribution in [-0.4, -0.2) is 4.98 Å². The number of aromatic nitrogens is 1. The molecule has 3 rings (SSSR count). The van der Waals surface area contributed by atoms with Gasteiger partial charge in [-0.2, -0.15) is 5.26 Å². The highest BCUT2D eigenvalue weighted by Crippen LogP contribution is 2.43. The molecule has 0 bridgehead atoms. The maximum atomic E-state index is 9.63. The number of hydrogen-bond donors (Lipinski definition) is 1. The Balaban J connectivity index is 2.21. The van der Waals surface area contributed by atoms with Crippen molar-refractivity contribution in [3.63, 3.8) is 0 Å². The van der Waals surface area contributed by atoms with E-state index in [-0.39, 0.29) is 5.41 Å². The van der Waals surface area contributed by atoms with Gasteiger partial charge in [0.2, 0.25) is 0 Å². The molecule has 2 aromatic heterocycles. The Hall–Kier alpha value is -1.86. The van der Waals surface area contributed by atoms with Crippen LogP contribution in [0.4, 0.5) is 5.82 Å². The summed E-state index contributed by atoms with van der Waals surface area (Å²) in [4.78, 5) is 6.94. The normalized spacial score (nSPS) is 17.6. The molecular weight excluding hydrogens is 302 g/mol. The number of nitriles is 1. The lowest BCUT2D eigenvalue weighted by Gasteiger charge is -2.35. The minimum absolute atomic E-state index is 0.258. The van der Waals surface area contributed by atoms with Crippen molar-refractivity contribution >= 4 is 17.2 Å². The predicted molar refractivity (Wildman–Crippen MR) is 96.4 cm³/mol. The van der Waals surface area contributed by atoms with Crippen molar-refractivity contribution in [3.8, 4) is 16.5 Å². The third-order valence-electron chi connectivity index (χ3n) is 4.92. The molecule has 1 aliphatic rings. The molecule has 3 nitrogen and oxygen atoms in total. The first-order valence-corrected chi connectivity index (χ1v) is 8.91. The van der Waals surface area contributed by atoms with Crippen LogP contribution < -0.4 is 5.73 Å². The summed E-state index contributed by atoms with van der Waals surface area (Å²) >= 11 is 1.73. The van der Waals surface area contributed by atoms with E-state index in [0.717, 1.165) is 35.4 Å². The summed E-state index contributed by atoms with van der Waals surface area (Å²) in [6.07, 6.45) is 3.06. The van der Waals surface area contributed by atoms with Gasteiger partial charge in [0.1, 0.15) is 17.5 Å². The minimum atomic E-state index is 0.258. The minimum Gasteiger partial charge on any atom is -0.383 e. The topological polar surface area (TPSA) is 62.7 Å². The lowest BCUT2D eigenvalue weighted by atomic mass is 9.70. The van der Waals surface area contributed by atoms with E-state index in [1.807, 2.05) is 0 Å². The number of hydrogen-bond acceptors (Lipinski definition) is 4. The fourth-order valence-corrected chi connectivity index (χ4v) is 4.42. The van der Waals surface area contributed by atoms with Crippen LogP contribution in [-0.2, 0) is 12.8 Å². The van der Waals surface area contributed by atoms with E-state index >= 15 is 0 Å². The van der Waals surface area contributed by atoms with Crippen molar-refractivity contribution in [3.05, 3.63) is 33.8 Å². The van der Waals surface area contributed by atoms with E-state index in [4.69, 9.17) is 5.73 Å². The summed E-state index contributed by atoms with van der Waals surface area (Å²) in [5, 5.41) is 9.63. The largest absolute Gasteiger partial charge is 0.383 e. The van der Waals surface area contributed by atoms with Gasteiger partial charge in [-0.15, -0.1) is 11.3 Å². The molecule has 0 saturated carbocycles. The Morgan fingerprint density at radius 2 is 2.09 bits per heavy atom. The van der Waals surface area contributed by atoms with Gasteiger partial charge < -0.3 is 5.73 Å². The lowest BCUT2D eigenvalue weighted by Crippen LogP contribution is -2.28. The van der Waals surface area contributed by atoms with Crippen molar-refractivity contribution in [1.29, 1.82) is 5.26 Å². The molecule has 23 heavy (non-hydrogen) atoms. The Kier molecular flexibility index (Phi) is 3.93. The van der Waals surface area contributed by atoms with Crippen LogP contribution in [0.15, 0.2) is 12.1 Å². The molecule has 2 heterocycles. The Bertz CT molecular complexity index is 790. The van der Waals surface area contributed by atoms with Gasteiger partial charge in [-0.05, 0) is 55.2 Å². The molecule has 1 aliphatic carbocycles. The molecule has 0 amide bonds. The fourth-order valence-electron chi connectivity index (χ4n) is 3.47. The molecule has 1 unspecified atom stereocenters. The number of thiophene rings is 1. The Labute approximate surface area is 142 Å². The highest BCUT2D eigenvalue weighted by Gasteiger charge is 2.32. The molecule has 0 spiro atoms. The van der Waals surface area contributed by atoms with Crippen LogP contribution >= 0.6 is 11.3 Å². The molecule has 0 radical (unpaired) electrons. The highest BCUT2D eigenvalue weighted by molar-refractivity contribution is 7.15. The molecule has 1 atom stereocenters. The average molecular weight is 325 g/mol. The smallest absolute Gasteiger partial charge is 0.142 e. The van der Waals surface area contributed by atoms with Gasteiger partial charge in [0, 0.05) is 21.0 Å². The number of nitrogens with two attached hydrogens (primary N) is 1. The van der Waals surface area contributed by atoms with Crippen molar-refractivity contribution in [1.82, 2.24) is 4.98 Å². The van der Waals surface area contributed by atoms with Crippen molar-refractivity contribution in [2.45, 2.75) is 47.0 Å². The zero-order valence-electron chi connectivity index (χ0n) is 14.2. The van der Waals surface area contributed by atoms with Gasteiger partial charge in [-0.25, -0.2) is 4.98 Å². The van der Waals surface area contributed by atoms with Gasteiger partial charge in [-0.3, -0.25) is 0 Å². The maximum absolute atomic E-state index is 9.63. The second-order valence-electron chi connectivity index (χ2n) is 7.50.